The van der Waals surface area contributed by atoms with Crippen LogP contribution in [0.1, 0.15) is 6.42 Å². The molecule has 7 heteroatoms. The number of halogens is 1. The van der Waals surface area contributed by atoms with Gasteiger partial charge in [0.15, 0.2) is 0 Å². The van der Waals surface area contributed by atoms with Crippen LogP contribution in [0.15, 0.2) is 60.7 Å². The quantitative estimate of drug-likeness (QED) is 0.555. The SMILES string of the molecule is COc1ccc(-c2cc(NC3CCNCC3F)cc(-c3ccc(N4CCN(C)CC4)cc3)n2)cc1. The fraction of sp³-hybridized carbons (Fsp3) is 0.393. The summed E-state index contributed by atoms with van der Waals surface area (Å²) in [4.78, 5) is 9.77. The molecule has 2 aliphatic heterocycles. The number of alkyl halides is 1. The number of hydrogen-bond donors (Lipinski definition) is 2. The summed E-state index contributed by atoms with van der Waals surface area (Å²) < 4.78 is 19.9. The first-order valence-corrected chi connectivity index (χ1v) is 12.4. The minimum Gasteiger partial charge on any atom is -0.497 e. The van der Waals surface area contributed by atoms with E-state index in [0.717, 1.165) is 73.1 Å². The molecule has 2 atom stereocenters. The number of methoxy groups -OCH3 is 1. The molecule has 2 saturated heterocycles. The van der Waals surface area contributed by atoms with Gasteiger partial charge in [0.25, 0.3) is 0 Å². The number of pyridine rings is 1. The highest BCUT2D eigenvalue weighted by atomic mass is 19.1. The van der Waals surface area contributed by atoms with Crippen LogP contribution in [0.4, 0.5) is 15.8 Å². The van der Waals surface area contributed by atoms with Gasteiger partial charge in [-0.15, -0.1) is 0 Å². The first kappa shape index (κ1) is 23.6. The van der Waals surface area contributed by atoms with Gasteiger partial charge in [0.2, 0.25) is 0 Å². The smallest absolute Gasteiger partial charge is 0.132 e. The van der Waals surface area contributed by atoms with Gasteiger partial charge in [0.1, 0.15) is 11.9 Å². The van der Waals surface area contributed by atoms with Crippen LogP contribution < -0.4 is 20.3 Å². The van der Waals surface area contributed by atoms with Crippen LogP contribution in [-0.4, -0.2) is 75.5 Å². The van der Waals surface area contributed by atoms with E-state index in [1.54, 1.807) is 7.11 Å². The van der Waals surface area contributed by atoms with Crippen LogP contribution in [-0.2, 0) is 0 Å². The maximum absolute atomic E-state index is 14.5. The Morgan fingerprint density at radius 2 is 1.57 bits per heavy atom. The van der Waals surface area contributed by atoms with Crippen molar-refractivity contribution in [1.82, 2.24) is 15.2 Å². The summed E-state index contributed by atoms with van der Waals surface area (Å²) in [5.74, 6) is 0.803. The van der Waals surface area contributed by atoms with Crippen molar-refractivity contribution in [3.63, 3.8) is 0 Å². The number of aromatic nitrogens is 1. The Morgan fingerprint density at radius 1 is 0.943 bits per heavy atom. The summed E-state index contributed by atoms with van der Waals surface area (Å²) in [5.41, 5.74) is 5.88. The Bertz CT molecular complexity index is 1110. The maximum atomic E-state index is 14.5. The first-order chi connectivity index (χ1) is 17.1. The third kappa shape index (κ3) is 5.57. The molecule has 0 saturated carbocycles. The molecule has 2 unspecified atom stereocenters. The van der Waals surface area contributed by atoms with Gasteiger partial charge >= 0.3 is 0 Å². The molecular weight excluding hydrogens is 441 g/mol. The number of nitrogens with one attached hydrogen (secondary N) is 2. The Morgan fingerprint density at radius 3 is 2.17 bits per heavy atom. The summed E-state index contributed by atoms with van der Waals surface area (Å²) in [5, 5.41) is 6.57. The highest BCUT2D eigenvalue weighted by molar-refractivity contribution is 5.73. The van der Waals surface area contributed by atoms with E-state index >= 15 is 0 Å². The molecule has 0 amide bonds. The highest BCUT2D eigenvalue weighted by Crippen LogP contribution is 2.30. The number of likely N-dealkylation sites (N-methyl/N-ethyl adjacent to an activating group) is 1. The number of ether oxygens (including phenoxy) is 1. The molecule has 3 heterocycles. The van der Waals surface area contributed by atoms with E-state index in [-0.39, 0.29) is 6.04 Å². The first-order valence-electron chi connectivity index (χ1n) is 12.4. The number of rotatable bonds is 6. The van der Waals surface area contributed by atoms with Crippen LogP contribution >= 0.6 is 0 Å². The number of nitrogens with zero attached hydrogens (tertiary/aromatic N) is 3. The topological polar surface area (TPSA) is 52.7 Å². The third-order valence-corrected chi connectivity index (χ3v) is 7.00. The van der Waals surface area contributed by atoms with Gasteiger partial charge in [-0.05, 0) is 68.5 Å². The van der Waals surface area contributed by atoms with E-state index in [9.17, 15) is 4.39 Å². The van der Waals surface area contributed by atoms with Crippen molar-refractivity contribution in [3.8, 4) is 28.3 Å². The van der Waals surface area contributed by atoms with Gasteiger partial charge in [-0.25, -0.2) is 9.37 Å². The fourth-order valence-electron chi connectivity index (χ4n) is 4.78. The van der Waals surface area contributed by atoms with Gasteiger partial charge in [0, 0.05) is 55.2 Å². The van der Waals surface area contributed by atoms with E-state index in [0.29, 0.717) is 6.54 Å². The molecule has 2 aliphatic rings. The van der Waals surface area contributed by atoms with Crippen molar-refractivity contribution in [2.75, 3.05) is 63.6 Å². The largest absolute Gasteiger partial charge is 0.497 e. The molecular formula is C28H34FN5O. The highest BCUT2D eigenvalue weighted by Gasteiger charge is 2.24. The second-order valence-corrected chi connectivity index (χ2v) is 9.45. The Hall–Kier alpha value is -3.16. The summed E-state index contributed by atoms with van der Waals surface area (Å²) in [6, 6.07) is 20.4. The van der Waals surface area contributed by atoms with E-state index in [1.165, 1.54) is 5.69 Å². The molecule has 0 radical (unpaired) electrons. The van der Waals surface area contributed by atoms with Crippen LogP contribution in [0.25, 0.3) is 22.5 Å². The standard InChI is InChI=1S/C28H34FN5O/c1-33-13-15-34(16-14-33)23-7-3-20(4-8-23)27-17-22(31-26-11-12-30-19-25(26)29)18-28(32-27)21-5-9-24(35-2)10-6-21/h3-10,17-18,25-26,30H,11-16,19H2,1-2H3,(H,31,32). The summed E-state index contributed by atoms with van der Waals surface area (Å²) in [6.45, 7) is 5.43. The lowest BCUT2D eigenvalue weighted by Crippen LogP contribution is -2.45. The molecule has 0 aliphatic carbocycles. The normalized spacial score (nSPS) is 21.1. The third-order valence-electron chi connectivity index (χ3n) is 7.00. The maximum Gasteiger partial charge on any atom is 0.132 e. The van der Waals surface area contributed by atoms with Gasteiger partial charge in [-0.2, -0.15) is 0 Å². The zero-order valence-corrected chi connectivity index (χ0v) is 20.5. The average molecular weight is 476 g/mol. The number of benzene rings is 2. The molecule has 6 nitrogen and oxygen atoms in total. The van der Waals surface area contributed by atoms with Gasteiger partial charge in [-0.1, -0.05) is 12.1 Å². The molecule has 1 aromatic heterocycles. The zero-order valence-electron chi connectivity index (χ0n) is 20.5. The lowest BCUT2D eigenvalue weighted by atomic mass is 10.0. The molecule has 2 N–H and O–H groups in total. The van der Waals surface area contributed by atoms with Gasteiger partial charge < -0.3 is 25.2 Å². The minimum absolute atomic E-state index is 0.213. The fourth-order valence-corrected chi connectivity index (χ4v) is 4.78. The van der Waals surface area contributed by atoms with Crippen molar-refractivity contribution in [3.05, 3.63) is 60.7 Å². The number of piperazine rings is 1. The molecule has 3 aromatic rings. The Kier molecular flexibility index (Phi) is 7.16. The lowest BCUT2D eigenvalue weighted by molar-refractivity contribution is 0.245. The minimum atomic E-state index is -0.923. The van der Waals surface area contributed by atoms with E-state index < -0.39 is 6.17 Å². The summed E-state index contributed by atoms with van der Waals surface area (Å²) in [7, 11) is 3.83. The molecule has 2 fully saturated rings. The van der Waals surface area contributed by atoms with E-state index in [1.807, 2.05) is 36.4 Å². The second-order valence-electron chi connectivity index (χ2n) is 9.45. The monoisotopic (exact) mass is 475 g/mol. The van der Waals surface area contributed by atoms with Crippen LogP contribution in [0.5, 0.6) is 5.75 Å². The lowest BCUT2D eigenvalue weighted by Gasteiger charge is -2.34. The van der Waals surface area contributed by atoms with Gasteiger partial charge in [-0.3, -0.25) is 0 Å². The zero-order chi connectivity index (χ0) is 24.2. The van der Waals surface area contributed by atoms with Crippen molar-refractivity contribution >= 4 is 11.4 Å². The van der Waals surface area contributed by atoms with Crippen molar-refractivity contribution in [1.29, 1.82) is 0 Å². The van der Waals surface area contributed by atoms with Crippen molar-refractivity contribution in [2.45, 2.75) is 18.6 Å². The average Bonchev–Trinajstić information content (AvgIpc) is 2.90. The number of hydrogen-bond acceptors (Lipinski definition) is 6. The Balaban J connectivity index is 1.45. The van der Waals surface area contributed by atoms with Crippen molar-refractivity contribution < 1.29 is 9.13 Å². The van der Waals surface area contributed by atoms with E-state index in [4.69, 9.17) is 9.72 Å². The molecule has 184 valence electrons. The van der Waals surface area contributed by atoms with Crippen LogP contribution in [0.3, 0.4) is 0 Å². The van der Waals surface area contributed by atoms with Crippen LogP contribution in [0.2, 0.25) is 0 Å². The molecule has 2 aromatic carbocycles. The predicted molar refractivity (Wildman–Crippen MR) is 141 cm³/mol. The van der Waals surface area contributed by atoms with E-state index in [2.05, 4.69) is 51.7 Å². The second kappa shape index (κ2) is 10.6. The molecule has 35 heavy (non-hydrogen) atoms. The van der Waals surface area contributed by atoms with Crippen LogP contribution in [0, 0.1) is 0 Å². The molecule has 0 bridgehead atoms. The number of anilines is 2. The summed E-state index contributed by atoms with van der Waals surface area (Å²) >= 11 is 0. The molecule has 0 spiro atoms. The van der Waals surface area contributed by atoms with Gasteiger partial charge in [0.05, 0.1) is 24.5 Å². The van der Waals surface area contributed by atoms with Crippen molar-refractivity contribution in [2.24, 2.45) is 0 Å². The summed E-state index contributed by atoms with van der Waals surface area (Å²) in [6.07, 6.45) is -0.177. The Labute approximate surface area is 207 Å². The number of piperidine rings is 1. The predicted octanol–water partition coefficient (Wildman–Crippen LogP) is 4.29. The molecule has 5 rings (SSSR count).